The van der Waals surface area contributed by atoms with Gasteiger partial charge in [0.25, 0.3) is 0 Å². The number of nitrogens with two attached hydrogens (primary N) is 1. The minimum absolute atomic E-state index is 0.192. The zero-order valence-electron chi connectivity index (χ0n) is 19.2. The van der Waals surface area contributed by atoms with Crippen LogP contribution in [0.3, 0.4) is 0 Å². The van der Waals surface area contributed by atoms with Gasteiger partial charge in [0.2, 0.25) is 5.91 Å². The van der Waals surface area contributed by atoms with Gasteiger partial charge in [0.1, 0.15) is 5.76 Å². The van der Waals surface area contributed by atoms with E-state index in [0.29, 0.717) is 29.5 Å². The van der Waals surface area contributed by atoms with Gasteiger partial charge >= 0.3 is 0 Å². The summed E-state index contributed by atoms with van der Waals surface area (Å²) in [5.74, 6) is 1.33. The molecule has 2 N–H and O–H groups in total. The highest BCUT2D eigenvalue weighted by molar-refractivity contribution is 7.17. The Kier molecular flexibility index (Phi) is 4.51. The first-order chi connectivity index (χ1) is 17.1. The molecule has 2 aliphatic rings. The average molecular weight is 485 g/mol. The molecule has 2 saturated heterocycles. The Morgan fingerprint density at radius 2 is 1.94 bits per heavy atom. The van der Waals surface area contributed by atoms with Crippen LogP contribution in [-0.2, 0) is 4.79 Å². The number of carbonyl (C=O) groups excluding carboxylic acids is 1. The van der Waals surface area contributed by atoms with Crippen molar-refractivity contribution in [2.45, 2.75) is 50.7 Å². The van der Waals surface area contributed by atoms with Gasteiger partial charge in [0.05, 0.1) is 16.9 Å². The van der Waals surface area contributed by atoms with Crippen LogP contribution in [0.5, 0.6) is 0 Å². The summed E-state index contributed by atoms with van der Waals surface area (Å²) in [6.45, 7) is 1.69. The highest BCUT2D eigenvalue weighted by atomic mass is 32.1. The van der Waals surface area contributed by atoms with Crippen LogP contribution in [0.1, 0.15) is 38.6 Å². The molecule has 0 spiro atoms. The number of nitrogen functional groups attached to an aromatic ring is 1. The summed E-state index contributed by atoms with van der Waals surface area (Å²) in [4.78, 5) is 22.8. The predicted molar refractivity (Wildman–Crippen MR) is 136 cm³/mol. The van der Waals surface area contributed by atoms with Crippen molar-refractivity contribution in [2.24, 2.45) is 0 Å². The normalized spacial score (nSPS) is 21.9. The number of hydrogen-bond donors (Lipinski definition) is 1. The number of piperidine rings is 1. The number of anilines is 1. The summed E-state index contributed by atoms with van der Waals surface area (Å²) < 4.78 is 9.42. The molecule has 1 unspecified atom stereocenters. The first kappa shape index (κ1) is 20.6. The van der Waals surface area contributed by atoms with E-state index in [1.807, 2.05) is 24.5 Å². The van der Waals surface area contributed by atoms with E-state index < -0.39 is 0 Å². The standard InChI is InChI=1S/C26H24N6O2S/c1-14(33)32-16-2-3-17(32)7-18(6-16)31-12-15(9-30-31)21-10-29-26(27)25-20(21)8-23(34-25)22-13-35-24-11-28-5-4-19(22)24/h4-5,8-13,16-18H,2-3,6-7H2,1H3,(H2,27,29)/t16-,17+,18?. The Hall–Kier alpha value is -3.72. The van der Waals surface area contributed by atoms with Gasteiger partial charge < -0.3 is 15.1 Å². The Morgan fingerprint density at radius 3 is 2.74 bits per heavy atom. The molecule has 0 aliphatic carbocycles. The van der Waals surface area contributed by atoms with E-state index in [-0.39, 0.29) is 5.91 Å². The molecule has 176 valence electrons. The lowest BCUT2D eigenvalue weighted by atomic mass is 9.97. The summed E-state index contributed by atoms with van der Waals surface area (Å²) in [5.41, 5.74) is 9.76. The minimum Gasteiger partial charge on any atom is -0.452 e. The van der Waals surface area contributed by atoms with E-state index in [1.165, 1.54) is 0 Å². The van der Waals surface area contributed by atoms with Crippen molar-refractivity contribution < 1.29 is 9.21 Å². The van der Waals surface area contributed by atoms with Crippen LogP contribution in [0.4, 0.5) is 5.82 Å². The molecule has 0 radical (unpaired) electrons. The largest absolute Gasteiger partial charge is 0.452 e. The first-order valence-corrected chi connectivity index (χ1v) is 12.8. The molecule has 2 aliphatic heterocycles. The number of furan rings is 1. The van der Waals surface area contributed by atoms with Crippen molar-refractivity contribution in [1.29, 1.82) is 0 Å². The molecule has 2 fully saturated rings. The molecular formula is C26H24N6O2S. The van der Waals surface area contributed by atoms with Crippen LogP contribution in [0.2, 0.25) is 0 Å². The maximum atomic E-state index is 12.1. The predicted octanol–water partition coefficient (Wildman–Crippen LogP) is 5.26. The smallest absolute Gasteiger partial charge is 0.219 e. The third kappa shape index (κ3) is 3.18. The molecule has 0 aromatic carbocycles. The maximum Gasteiger partial charge on any atom is 0.219 e. The first-order valence-electron chi connectivity index (χ1n) is 11.9. The van der Waals surface area contributed by atoms with Crippen LogP contribution in [0, 0.1) is 0 Å². The van der Waals surface area contributed by atoms with Gasteiger partial charge in [0.15, 0.2) is 11.4 Å². The lowest BCUT2D eigenvalue weighted by molar-refractivity contribution is -0.133. The van der Waals surface area contributed by atoms with E-state index >= 15 is 0 Å². The Bertz CT molecular complexity index is 1590. The van der Waals surface area contributed by atoms with Crippen molar-refractivity contribution in [1.82, 2.24) is 24.6 Å². The number of hydrogen-bond acceptors (Lipinski definition) is 7. The highest BCUT2D eigenvalue weighted by Gasteiger charge is 2.42. The van der Waals surface area contributed by atoms with E-state index in [0.717, 1.165) is 63.6 Å². The fraction of sp³-hybridized carbons (Fsp3) is 0.308. The van der Waals surface area contributed by atoms with Gasteiger partial charge in [-0.3, -0.25) is 14.5 Å². The second-order valence-corrected chi connectivity index (χ2v) is 10.5. The highest BCUT2D eigenvalue weighted by Crippen LogP contribution is 2.43. The number of nitrogens with zero attached hydrogens (tertiary/aromatic N) is 5. The second-order valence-electron chi connectivity index (χ2n) is 9.58. The monoisotopic (exact) mass is 484 g/mol. The van der Waals surface area contributed by atoms with Crippen LogP contribution in [0.25, 0.3) is 43.5 Å². The average Bonchev–Trinajstić information content (AvgIpc) is 3.63. The summed E-state index contributed by atoms with van der Waals surface area (Å²) in [5, 5.41) is 8.85. The van der Waals surface area contributed by atoms with Gasteiger partial charge in [-0.25, -0.2) is 4.98 Å². The zero-order chi connectivity index (χ0) is 23.7. The van der Waals surface area contributed by atoms with E-state index in [9.17, 15) is 4.79 Å². The summed E-state index contributed by atoms with van der Waals surface area (Å²) in [6, 6.07) is 4.99. The van der Waals surface area contributed by atoms with E-state index in [4.69, 9.17) is 15.2 Å². The Morgan fingerprint density at radius 1 is 1.11 bits per heavy atom. The number of aromatic nitrogens is 4. The SMILES string of the molecule is CC(=O)N1[C@@H]2CC[C@H]1CC(n1cc(-c3cnc(N)c4oc(-c5csc6cnccc56)cc34)cn1)C2. The van der Waals surface area contributed by atoms with Crippen molar-refractivity contribution in [3.63, 3.8) is 0 Å². The molecule has 3 atom stereocenters. The van der Waals surface area contributed by atoms with Gasteiger partial charge in [-0.15, -0.1) is 11.3 Å². The fourth-order valence-electron chi connectivity index (χ4n) is 6.03. The molecule has 7 rings (SSSR count). The van der Waals surface area contributed by atoms with Crippen LogP contribution in [0.15, 0.2) is 52.9 Å². The lowest BCUT2D eigenvalue weighted by Gasteiger charge is -2.38. The maximum absolute atomic E-state index is 12.1. The molecule has 35 heavy (non-hydrogen) atoms. The summed E-state index contributed by atoms with van der Waals surface area (Å²) >= 11 is 1.64. The van der Waals surface area contributed by atoms with Crippen LogP contribution in [-0.4, -0.2) is 42.6 Å². The topological polar surface area (TPSA) is 103 Å². The molecule has 2 bridgehead atoms. The molecule has 5 aromatic rings. The Balaban J connectivity index is 1.25. The number of carbonyl (C=O) groups is 1. The summed E-state index contributed by atoms with van der Waals surface area (Å²) in [6.07, 6.45) is 13.5. The van der Waals surface area contributed by atoms with Crippen LogP contribution >= 0.6 is 11.3 Å². The number of rotatable bonds is 3. The number of thiophene rings is 1. The number of amides is 1. The molecule has 9 heteroatoms. The van der Waals surface area contributed by atoms with Crippen molar-refractivity contribution in [3.05, 3.63) is 48.5 Å². The quantitative estimate of drug-likeness (QED) is 0.374. The van der Waals surface area contributed by atoms with E-state index in [1.54, 1.807) is 30.7 Å². The third-order valence-corrected chi connectivity index (χ3v) is 8.52. The second kappa shape index (κ2) is 7.64. The number of fused-ring (bicyclic) bond motifs is 4. The van der Waals surface area contributed by atoms with Crippen LogP contribution < -0.4 is 5.73 Å². The molecular weight excluding hydrogens is 460 g/mol. The molecule has 0 saturated carbocycles. The minimum atomic E-state index is 0.192. The van der Waals surface area contributed by atoms with Crippen molar-refractivity contribution in [3.8, 4) is 22.5 Å². The number of pyridine rings is 2. The fourth-order valence-corrected chi connectivity index (χ4v) is 6.95. The third-order valence-electron chi connectivity index (χ3n) is 7.59. The van der Waals surface area contributed by atoms with Gasteiger partial charge in [-0.2, -0.15) is 5.10 Å². The van der Waals surface area contributed by atoms with Gasteiger partial charge in [-0.05, 0) is 37.8 Å². The molecule has 1 amide bonds. The molecule has 8 nitrogen and oxygen atoms in total. The van der Waals surface area contributed by atoms with Crippen molar-refractivity contribution >= 4 is 44.1 Å². The van der Waals surface area contributed by atoms with Gasteiger partial charge in [-0.1, -0.05) is 0 Å². The Labute approximate surface area is 205 Å². The molecule has 7 heterocycles. The lowest BCUT2D eigenvalue weighted by Crippen LogP contribution is -2.45. The zero-order valence-corrected chi connectivity index (χ0v) is 20.0. The summed E-state index contributed by atoms with van der Waals surface area (Å²) in [7, 11) is 0. The van der Waals surface area contributed by atoms with Gasteiger partial charge in [0, 0.05) is 76.6 Å². The van der Waals surface area contributed by atoms with E-state index in [2.05, 4.69) is 31.1 Å². The van der Waals surface area contributed by atoms with Crippen molar-refractivity contribution in [2.75, 3.05) is 5.73 Å². The molecule has 5 aromatic heterocycles.